The molecule has 0 bridgehead atoms. The molecule has 1 aliphatic rings. The number of hydrogen-bond acceptors (Lipinski definition) is 9. The van der Waals surface area contributed by atoms with Gasteiger partial charge in [-0.05, 0) is 87.4 Å². The molecule has 1 saturated heterocycles. The van der Waals surface area contributed by atoms with Crippen LogP contribution in [0.5, 0.6) is 5.75 Å². The van der Waals surface area contributed by atoms with Crippen LogP contribution in [0.2, 0.25) is 5.02 Å². The molecule has 3 aromatic rings. The molecule has 12 heteroatoms. The van der Waals surface area contributed by atoms with Crippen molar-refractivity contribution in [2.75, 3.05) is 38.7 Å². The first-order valence-electron chi connectivity index (χ1n) is 16.2. The van der Waals surface area contributed by atoms with E-state index in [2.05, 4.69) is 5.32 Å². The van der Waals surface area contributed by atoms with Gasteiger partial charge in [0.2, 0.25) is 0 Å². The quantitative estimate of drug-likeness (QED) is 0.163. The van der Waals surface area contributed by atoms with Gasteiger partial charge in [-0.1, -0.05) is 29.8 Å². The molecule has 1 aliphatic heterocycles. The van der Waals surface area contributed by atoms with Gasteiger partial charge in [-0.3, -0.25) is 9.59 Å². The molecule has 2 amide bonds. The molecule has 0 aromatic heterocycles. The maximum Gasteiger partial charge on any atom is 0.410 e. The number of carbonyl (C=O) groups is 4. The van der Waals surface area contributed by atoms with E-state index < -0.39 is 17.5 Å². The number of carbonyl (C=O) groups excluding carboxylic acids is 4. The fraction of sp³-hybridized carbons (Fsp3) is 0.405. The number of methoxy groups -OCH3 is 1. The number of esters is 2. The summed E-state index contributed by atoms with van der Waals surface area (Å²) in [6.07, 6.45) is 1.09. The third-order valence-electron chi connectivity index (χ3n) is 7.70. The molecule has 0 unspecified atom stereocenters. The maximum absolute atomic E-state index is 13.5. The van der Waals surface area contributed by atoms with Crippen molar-refractivity contribution in [2.24, 2.45) is 0 Å². The summed E-state index contributed by atoms with van der Waals surface area (Å²) >= 11 is 6.02. The maximum atomic E-state index is 13.5. The number of hydrogen-bond donors (Lipinski definition) is 1. The van der Waals surface area contributed by atoms with Gasteiger partial charge in [0.15, 0.2) is 0 Å². The number of rotatable bonds is 12. The minimum absolute atomic E-state index is 0.0144. The number of ether oxygens (including phenoxy) is 4. The Kier molecular flexibility index (Phi) is 12.9. The molecular weight excluding hydrogens is 650 g/mol. The summed E-state index contributed by atoms with van der Waals surface area (Å²) in [5.41, 5.74) is 2.38. The van der Waals surface area contributed by atoms with Gasteiger partial charge in [0.25, 0.3) is 5.91 Å². The average molecular weight is 694 g/mol. The van der Waals surface area contributed by atoms with Crippen molar-refractivity contribution in [1.29, 1.82) is 0 Å². The van der Waals surface area contributed by atoms with Crippen molar-refractivity contribution in [2.45, 2.75) is 65.3 Å². The molecule has 0 spiro atoms. The number of benzene rings is 3. The van der Waals surface area contributed by atoms with Crippen molar-refractivity contribution in [3.63, 3.8) is 0 Å². The second-order valence-electron chi connectivity index (χ2n) is 12.6. The van der Waals surface area contributed by atoms with E-state index in [1.54, 1.807) is 54.3 Å². The fourth-order valence-corrected chi connectivity index (χ4v) is 5.35. The number of halogens is 1. The normalized spacial score (nSPS) is 13.3. The molecule has 11 nitrogen and oxygen atoms in total. The van der Waals surface area contributed by atoms with Crippen LogP contribution in [-0.4, -0.2) is 78.8 Å². The van der Waals surface area contributed by atoms with Crippen LogP contribution >= 0.6 is 11.6 Å². The Balaban J connectivity index is 1.44. The third kappa shape index (κ3) is 11.1. The molecule has 0 aliphatic carbocycles. The largest absolute Gasteiger partial charge is 0.490 e. The summed E-state index contributed by atoms with van der Waals surface area (Å²) in [6.45, 7) is 8.76. The van der Waals surface area contributed by atoms with E-state index >= 15 is 0 Å². The highest BCUT2D eigenvalue weighted by molar-refractivity contribution is 6.30. The van der Waals surface area contributed by atoms with Crippen molar-refractivity contribution in [3.8, 4) is 5.75 Å². The molecule has 0 atom stereocenters. The zero-order valence-corrected chi connectivity index (χ0v) is 29.4. The Hall–Kier alpha value is -4.77. The molecule has 4 rings (SSSR count). The van der Waals surface area contributed by atoms with Crippen molar-refractivity contribution in [3.05, 3.63) is 94.0 Å². The Morgan fingerprint density at radius 1 is 0.939 bits per heavy atom. The van der Waals surface area contributed by atoms with Crippen LogP contribution in [0.1, 0.15) is 72.4 Å². The number of nitrogens with one attached hydrogen (secondary N) is 1. The lowest BCUT2D eigenvalue weighted by Gasteiger charge is -2.33. The van der Waals surface area contributed by atoms with E-state index in [0.717, 1.165) is 11.3 Å². The molecule has 1 N–H and O–H groups in total. The van der Waals surface area contributed by atoms with Crippen LogP contribution in [0.4, 0.5) is 10.5 Å². The molecule has 262 valence electrons. The topological polar surface area (TPSA) is 124 Å². The standard InChI is InChI=1S/C37H44ClN3O8/c1-6-47-33(42)24-41(34(43)26-11-13-29(38)14-12-26)23-28-10-9-27(35(44)46-5)21-32(28)39-22-25-7-15-30(16-8-25)48-31-17-19-40(20-18-31)36(45)49-37(2,3)4/h7-16,21,31,39H,6,17-20,22-24H2,1-5H3. The van der Waals surface area contributed by atoms with Gasteiger partial charge in [-0.15, -0.1) is 0 Å². The summed E-state index contributed by atoms with van der Waals surface area (Å²) in [4.78, 5) is 53.9. The first-order valence-corrected chi connectivity index (χ1v) is 16.6. The third-order valence-corrected chi connectivity index (χ3v) is 7.95. The van der Waals surface area contributed by atoms with E-state index in [0.29, 0.717) is 59.9 Å². The van der Waals surface area contributed by atoms with Crippen LogP contribution in [-0.2, 0) is 32.1 Å². The van der Waals surface area contributed by atoms with Crippen LogP contribution in [0.25, 0.3) is 0 Å². The van der Waals surface area contributed by atoms with Gasteiger partial charge in [0.1, 0.15) is 24.0 Å². The van der Waals surface area contributed by atoms with Gasteiger partial charge in [-0.25, -0.2) is 9.59 Å². The fourth-order valence-electron chi connectivity index (χ4n) is 5.22. The van der Waals surface area contributed by atoms with Crippen LogP contribution in [0.3, 0.4) is 0 Å². The van der Waals surface area contributed by atoms with Crippen molar-refractivity contribution >= 4 is 41.2 Å². The van der Waals surface area contributed by atoms with E-state index in [1.807, 2.05) is 45.0 Å². The highest BCUT2D eigenvalue weighted by Gasteiger charge is 2.28. The first kappa shape index (κ1) is 37.1. The lowest BCUT2D eigenvalue weighted by molar-refractivity contribution is -0.143. The summed E-state index contributed by atoms with van der Waals surface area (Å²) in [5.74, 6) is -0.697. The zero-order chi connectivity index (χ0) is 35.6. The average Bonchev–Trinajstić information content (AvgIpc) is 3.07. The Morgan fingerprint density at radius 2 is 1.59 bits per heavy atom. The molecular formula is C37H44ClN3O8. The molecule has 3 aromatic carbocycles. The Labute approximate surface area is 292 Å². The minimum Gasteiger partial charge on any atom is -0.490 e. The Morgan fingerprint density at radius 3 is 2.20 bits per heavy atom. The highest BCUT2D eigenvalue weighted by Crippen LogP contribution is 2.25. The number of piperidine rings is 1. The van der Waals surface area contributed by atoms with Gasteiger partial charge >= 0.3 is 18.0 Å². The highest BCUT2D eigenvalue weighted by atomic mass is 35.5. The van der Waals surface area contributed by atoms with Gasteiger partial charge in [-0.2, -0.15) is 0 Å². The second kappa shape index (κ2) is 17.1. The van der Waals surface area contributed by atoms with Crippen LogP contribution in [0, 0.1) is 0 Å². The molecule has 1 fully saturated rings. The second-order valence-corrected chi connectivity index (χ2v) is 13.1. The number of anilines is 1. The number of likely N-dealkylation sites (tertiary alicyclic amines) is 1. The van der Waals surface area contributed by atoms with Gasteiger partial charge in [0, 0.05) is 55.3 Å². The van der Waals surface area contributed by atoms with E-state index in [9.17, 15) is 19.2 Å². The lowest BCUT2D eigenvalue weighted by Crippen LogP contribution is -2.44. The minimum atomic E-state index is -0.540. The predicted octanol–water partition coefficient (Wildman–Crippen LogP) is 6.72. The first-order chi connectivity index (χ1) is 23.3. The van der Waals surface area contributed by atoms with E-state index in [-0.39, 0.29) is 37.8 Å². The number of amides is 2. The van der Waals surface area contributed by atoms with E-state index in [4.69, 9.17) is 30.5 Å². The van der Waals surface area contributed by atoms with Crippen LogP contribution in [0.15, 0.2) is 66.7 Å². The van der Waals surface area contributed by atoms with Gasteiger partial charge in [0.05, 0.1) is 19.3 Å². The zero-order valence-electron chi connectivity index (χ0n) is 28.6. The molecule has 0 radical (unpaired) electrons. The molecule has 49 heavy (non-hydrogen) atoms. The predicted molar refractivity (Wildman–Crippen MR) is 186 cm³/mol. The van der Waals surface area contributed by atoms with Crippen molar-refractivity contribution in [1.82, 2.24) is 9.80 Å². The lowest BCUT2D eigenvalue weighted by atomic mass is 10.1. The summed E-state index contributed by atoms with van der Waals surface area (Å²) in [6, 6.07) is 19.1. The smallest absolute Gasteiger partial charge is 0.410 e. The van der Waals surface area contributed by atoms with E-state index in [1.165, 1.54) is 12.0 Å². The summed E-state index contributed by atoms with van der Waals surface area (Å²) in [7, 11) is 1.31. The SMILES string of the molecule is CCOC(=O)CN(Cc1ccc(C(=O)OC)cc1NCc1ccc(OC2CCN(C(=O)OC(C)(C)C)CC2)cc1)C(=O)c1ccc(Cl)cc1. The monoisotopic (exact) mass is 693 g/mol. The molecule has 0 saturated carbocycles. The van der Waals surface area contributed by atoms with Crippen LogP contribution < -0.4 is 10.1 Å². The Bertz CT molecular complexity index is 1600. The van der Waals surface area contributed by atoms with Gasteiger partial charge < -0.3 is 34.1 Å². The molecule has 1 heterocycles. The summed E-state index contributed by atoms with van der Waals surface area (Å²) < 4.78 is 21.8. The number of nitrogens with zero attached hydrogens (tertiary/aromatic N) is 2. The summed E-state index contributed by atoms with van der Waals surface area (Å²) in [5, 5.41) is 3.87. The van der Waals surface area contributed by atoms with Crippen molar-refractivity contribution < 1.29 is 38.1 Å².